The minimum absolute atomic E-state index is 0.144. The van der Waals surface area contributed by atoms with E-state index >= 15 is 0 Å². The second-order valence-corrected chi connectivity index (χ2v) is 2.44. The standard InChI is InChI=1S/C8H14O4/c1-4-8(12-7(3)10)5-11-6(2)9/h8H,4-5H2,1-3H3. The highest BCUT2D eigenvalue weighted by Gasteiger charge is 2.10. The van der Waals surface area contributed by atoms with E-state index in [9.17, 15) is 9.59 Å². The van der Waals surface area contributed by atoms with Gasteiger partial charge in [0, 0.05) is 13.8 Å². The van der Waals surface area contributed by atoms with Crippen molar-refractivity contribution in [3.05, 3.63) is 0 Å². The number of hydrogen-bond acceptors (Lipinski definition) is 4. The number of ether oxygens (including phenoxy) is 2. The van der Waals surface area contributed by atoms with Crippen LogP contribution >= 0.6 is 0 Å². The highest BCUT2D eigenvalue weighted by atomic mass is 16.6. The van der Waals surface area contributed by atoms with Crippen LogP contribution in [0.25, 0.3) is 0 Å². The highest BCUT2D eigenvalue weighted by Crippen LogP contribution is 1.99. The zero-order chi connectivity index (χ0) is 9.56. The first-order valence-corrected chi connectivity index (χ1v) is 3.86. The van der Waals surface area contributed by atoms with E-state index in [1.165, 1.54) is 13.8 Å². The molecule has 1 unspecified atom stereocenters. The Bertz CT molecular complexity index is 164. The van der Waals surface area contributed by atoms with E-state index in [1.54, 1.807) is 0 Å². The van der Waals surface area contributed by atoms with E-state index in [0.717, 1.165) is 0 Å². The van der Waals surface area contributed by atoms with Crippen molar-refractivity contribution in [3.8, 4) is 0 Å². The first-order valence-electron chi connectivity index (χ1n) is 3.86. The van der Waals surface area contributed by atoms with Crippen molar-refractivity contribution in [1.29, 1.82) is 0 Å². The summed E-state index contributed by atoms with van der Waals surface area (Å²) in [6.45, 7) is 4.65. The van der Waals surface area contributed by atoms with Crippen LogP contribution in [0, 0.1) is 0 Å². The van der Waals surface area contributed by atoms with Crippen LogP contribution in [0.15, 0.2) is 0 Å². The molecular weight excluding hydrogens is 160 g/mol. The van der Waals surface area contributed by atoms with Gasteiger partial charge in [0.05, 0.1) is 0 Å². The summed E-state index contributed by atoms with van der Waals surface area (Å²) < 4.78 is 9.51. The smallest absolute Gasteiger partial charge is 0.303 e. The Balaban J connectivity index is 3.67. The van der Waals surface area contributed by atoms with Crippen LogP contribution in [0.1, 0.15) is 27.2 Å². The molecule has 4 heteroatoms. The molecule has 0 bridgehead atoms. The van der Waals surface area contributed by atoms with Gasteiger partial charge in [0.25, 0.3) is 0 Å². The molecule has 0 spiro atoms. The van der Waals surface area contributed by atoms with Crippen LogP contribution in [0.3, 0.4) is 0 Å². The molecule has 0 N–H and O–H groups in total. The molecule has 0 aromatic carbocycles. The Morgan fingerprint density at radius 1 is 1.25 bits per heavy atom. The van der Waals surface area contributed by atoms with E-state index in [2.05, 4.69) is 4.74 Å². The van der Waals surface area contributed by atoms with Gasteiger partial charge in [0.2, 0.25) is 0 Å². The predicted molar refractivity (Wildman–Crippen MR) is 42.5 cm³/mol. The monoisotopic (exact) mass is 174 g/mol. The molecule has 0 aromatic rings. The summed E-state index contributed by atoms with van der Waals surface area (Å²) in [6.07, 6.45) is 0.332. The van der Waals surface area contributed by atoms with Gasteiger partial charge in [-0.2, -0.15) is 0 Å². The lowest BCUT2D eigenvalue weighted by atomic mass is 10.3. The van der Waals surface area contributed by atoms with Crippen molar-refractivity contribution in [3.63, 3.8) is 0 Å². The molecule has 0 aliphatic heterocycles. The average molecular weight is 174 g/mol. The zero-order valence-electron chi connectivity index (χ0n) is 7.62. The SMILES string of the molecule is CCC(COC(C)=O)OC(C)=O. The number of carbonyl (C=O) groups excluding carboxylic acids is 2. The Hall–Kier alpha value is -1.06. The number of esters is 2. The van der Waals surface area contributed by atoms with Crippen molar-refractivity contribution in [2.24, 2.45) is 0 Å². The molecule has 12 heavy (non-hydrogen) atoms. The van der Waals surface area contributed by atoms with E-state index in [1.807, 2.05) is 6.92 Å². The molecular formula is C8H14O4. The Labute approximate surface area is 71.8 Å². The van der Waals surface area contributed by atoms with Crippen LogP contribution in [-0.4, -0.2) is 24.6 Å². The molecule has 0 aliphatic carbocycles. The third kappa shape index (κ3) is 5.70. The summed E-state index contributed by atoms with van der Waals surface area (Å²) in [5.41, 5.74) is 0. The summed E-state index contributed by atoms with van der Waals surface area (Å²) in [4.78, 5) is 20.9. The molecule has 4 nitrogen and oxygen atoms in total. The fourth-order valence-corrected chi connectivity index (χ4v) is 0.680. The maximum atomic E-state index is 10.5. The second-order valence-electron chi connectivity index (χ2n) is 2.44. The van der Waals surface area contributed by atoms with Gasteiger partial charge in [-0.3, -0.25) is 9.59 Å². The Morgan fingerprint density at radius 2 is 1.83 bits per heavy atom. The van der Waals surface area contributed by atoms with Crippen LogP contribution in [0.5, 0.6) is 0 Å². The van der Waals surface area contributed by atoms with Crippen LogP contribution < -0.4 is 0 Å². The van der Waals surface area contributed by atoms with Crippen molar-refractivity contribution < 1.29 is 19.1 Å². The van der Waals surface area contributed by atoms with Gasteiger partial charge in [-0.15, -0.1) is 0 Å². The van der Waals surface area contributed by atoms with Gasteiger partial charge >= 0.3 is 11.9 Å². The van der Waals surface area contributed by atoms with Gasteiger partial charge in [0.1, 0.15) is 12.7 Å². The molecule has 0 rings (SSSR count). The van der Waals surface area contributed by atoms with Gasteiger partial charge in [-0.1, -0.05) is 6.92 Å². The van der Waals surface area contributed by atoms with E-state index < -0.39 is 0 Å². The maximum Gasteiger partial charge on any atom is 0.303 e. The second kappa shape index (κ2) is 5.57. The third-order valence-electron chi connectivity index (χ3n) is 1.26. The van der Waals surface area contributed by atoms with E-state index in [-0.39, 0.29) is 24.6 Å². The van der Waals surface area contributed by atoms with Crippen molar-refractivity contribution >= 4 is 11.9 Å². The molecule has 0 fully saturated rings. The molecule has 0 aliphatic rings. The molecule has 0 saturated carbocycles. The fraction of sp³-hybridized carbons (Fsp3) is 0.750. The minimum atomic E-state index is -0.361. The zero-order valence-corrected chi connectivity index (χ0v) is 7.62. The Morgan fingerprint density at radius 3 is 2.17 bits per heavy atom. The summed E-state index contributed by atoms with van der Waals surface area (Å²) in [7, 11) is 0. The van der Waals surface area contributed by atoms with Gasteiger partial charge < -0.3 is 9.47 Å². The lowest BCUT2D eigenvalue weighted by Gasteiger charge is -2.13. The molecule has 0 radical (unpaired) electrons. The lowest BCUT2D eigenvalue weighted by molar-refractivity contribution is -0.156. The minimum Gasteiger partial charge on any atom is -0.462 e. The average Bonchev–Trinajstić information content (AvgIpc) is 1.97. The van der Waals surface area contributed by atoms with Gasteiger partial charge in [-0.05, 0) is 6.42 Å². The molecule has 70 valence electrons. The van der Waals surface area contributed by atoms with E-state index in [4.69, 9.17) is 4.74 Å². The lowest BCUT2D eigenvalue weighted by Crippen LogP contribution is -2.22. The van der Waals surface area contributed by atoms with Crippen LogP contribution in [0.2, 0.25) is 0 Å². The van der Waals surface area contributed by atoms with E-state index in [0.29, 0.717) is 6.42 Å². The van der Waals surface area contributed by atoms with Crippen molar-refractivity contribution in [2.45, 2.75) is 33.3 Å². The predicted octanol–water partition coefficient (Wildman–Crippen LogP) is 0.891. The third-order valence-corrected chi connectivity index (χ3v) is 1.26. The quantitative estimate of drug-likeness (QED) is 0.594. The van der Waals surface area contributed by atoms with Crippen molar-refractivity contribution in [2.75, 3.05) is 6.61 Å². The van der Waals surface area contributed by atoms with Crippen LogP contribution in [-0.2, 0) is 19.1 Å². The topological polar surface area (TPSA) is 52.6 Å². The summed E-state index contributed by atoms with van der Waals surface area (Å²) in [5.74, 6) is -0.713. The first kappa shape index (κ1) is 10.9. The molecule has 0 amide bonds. The largest absolute Gasteiger partial charge is 0.462 e. The Kier molecular flexibility index (Phi) is 5.08. The summed E-state index contributed by atoms with van der Waals surface area (Å²) in [5, 5.41) is 0. The molecule has 0 heterocycles. The normalized spacial score (nSPS) is 11.9. The molecule has 0 aromatic heterocycles. The van der Waals surface area contributed by atoms with Crippen LogP contribution in [0.4, 0.5) is 0 Å². The van der Waals surface area contributed by atoms with Gasteiger partial charge in [0.15, 0.2) is 0 Å². The van der Waals surface area contributed by atoms with Gasteiger partial charge in [-0.25, -0.2) is 0 Å². The maximum absolute atomic E-state index is 10.5. The summed E-state index contributed by atoms with van der Waals surface area (Å²) in [6, 6.07) is 0. The first-order chi connectivity index (χ1) is 5.56. The molecule has 0 saturated heterocycles. The summed E-state index contributed by atoms with van der Waals surface area (Å²) >= 11 is 0. The fourth-order valence-electron chi connectivity index (χ4n) is 0.680. The number of rotatable bonds is 4. The van der Waals surface area contributed by atoms with Crippen molar-refractivity contribution in [1.82, 2.24) is 0 Å². The number of hydrogen-bond donors (Lipinski definition) is 0. The molecule has 1 atom stereocenters. The number of carbonyl (C=O) groups is 2. The highest BCUT2D eigenvalue weighted by molar-refractivity contribution is 5.67.